The highest BCUT2D eigenvalue weighted by Crippen LogP contribution is 2.11. The van der Waals surface area contributed by atoms with Crippen LogP contribution in [0.5, 0.6) is 0 Å². The van der Waals surface area contributed by atoms with Gasteiger partial charge in [0.25, 0.3) is 0 Å². The Hall–Kier alpha value is -0.160. The fourth-order valence-electron chi connectivity index (χ4n) is 2.07. The largest absolute Gasteiger partial charge is 0.380 e. The van der Waals surface area contributed by atoms with E-state index in [0.29, 0.717) is 6.10 Å². The molecule has 16 heavy (non-hydrogen) atoms. The van der Waals surface area contributed by atoms with Crippen LogP contribution in [0.25, 0.3) is 0 Å². The van der Waals surface area contributed by atoms with Gasteiger partial charge in [-0.3, -0.25) is 4.90 Å². The van der Waals surface area contributed by atoms with E-state index in [1.165, 1.54) is 19.4 Å². The Labute approximate surface area is 99.9 Å². The van der Waals surface area contributed by atoms with E-state index in [1.807, 2.05) is 7.11 Å². The summed E-state index contributed by atoms with van der Waals surface area (Å²) in [6.45, 7) is 6.76. The fraction of sp³-hybridized carbons (Fsp3) is 1.00. The van der Waals surface area contributed by atoms with Crippen molar-refractivity contribution in [2.75, 3.05) is 60.5 Å². The van der Waals surface area contributed by atoms with E-state index < -0.39 is 0 Å². The minimum absolute atomic E-state index is 0.454. The molecular formula is C12H27N3O. The highest BCUT2D eigenvalue weighted by atomic mass is 16.5. The third-order valence-corrected chi connectivity index (χ3v) is 3.14. The molecule has 1 aliphatic rings. The zero-order valence-corrected chi connectivity index (χ0v) is 11.0. The third kappa shape index (κ3) is 5.80. The van der Waals surface area contributed by atoms with Crippen LogP contribution in [0.3, 0.4) is 0 Å². The van der Waals surface area contributed by atoms with E-state index in [1.54, 1.807) is 0 Å². The lowest BCUT2D eigenvalue weighted by Crippen LogP contribution is -2.42. The Bertz CT molecular complexity index is 176. The molecule has 96 valence electrons. The van der Waals surface area contributed by atoms with Crippen molar-refractivity contribution in [1.29, 1.82) is 0 Å². The maximum absolute atomic E-state index is 5.41. The maximum atomic E-state index is 5.41. The Balaban J connectivity index is 1.99. The summed E-state index contributed by atoms with van der Waals surface area (Å²) in [5.41, 5.74) is 0. The number of rotatable bonds is 7. The van der Waals surface area contributed by atoms with E-state index in [-0.39, 0.29) is 0 Å². The SMILES string of the molecule is COC1CCCN(CCNCCN(C)C)C1. The van der Waals surface area contributed by atoms with Crippen molar-refractivity contribution in [2.24, 2.45) is 0 Å². The fourth-order valence-corrected chi connectivity index (χ4v) is 2.07. The van der Waals surface area contributed by atoms with Crippen molar-refractivity contribution in [3.05, 3.63) is 0 Å². The summed E-state index contributed by atoms with van der Waals surface area (Å²) in [7, 11) is 6.04. The Morgan fingerprint density at radius 3 is 2.88 bits per heavy atom. The summed E-state index contributed by atoms with van der Waals surface area (Å²) in [5, 5.41) is 3.47. The highest BCUT2D eigenvalue weighted by molar-refractivity contribution is 4.73. The molecule has 0 spiro atoms. The molecule has 1 atom stereocenters. The van der Waals surface area contributed by atoms with Gasteiger partial charge in [0.2, 0.25) is 0 Å². The van der Waals surface area contributed by atoms with Crippen LogP contribution in [0, 0.1) is 0 Å². The van der Waals surface area contributed by atoms with Gasteiger partial charge in [-0.15, -0.1) is 0 Å². The summed E-state index contributed by atoms with van der Waals surface area (Å²) >= 11 is 0. The zero-order valence-electron chi connectivity index (χ0n) is 11.0. The van der Waals surface area contributed by atoms with Crippen LogP contribution in [-0.4, -0.2) is 76.4 Å². The van der Waals surface area contributed by atoms with Crippen molar-refractivity contribution < 1.29 is 4.74 Å². The minimum Gasteiger partial charge on any atom is -0.380 e. The van der Waals surface area contributed by atoms with E-state index in [0.717, 1.165) is 32.7 Å². The number of hydrogen-bond acceptors (Lipinski definition) is 4. The highest BCUT2D eigenvalue weighted by Gasteiger charge is 2.18. The second-order valence-electron chi connectivity index (χ2n) is 4.85. The molecule has 0 aromatic carbocycles. The van der Waals surface area contributed by atoms with Crippen LogP contribution >= 0.6 is 0 Å². The lowest BCUT2D eigenvalue weighted by atomic mass is 10.1. The minimum atomic E-state index is 0.454. The van der Waals surface area contributed by atoms with Gasteiger partial charge < -0.3 is 15.0 Å². The molecule has 0 amide bonds. The summed E-state index contributed by atoms with van der Waals surface area (Å²) in [5.74, 6) is 0. The van der Waals surface area contributed by atoms with E-state index in [2.05, 4.69) is 29.2 Å². The zero-order chi connectivity index (χ0) is 11.8. The number of likely N-dealkylation sites (tertiary alicyclic amines) is 1. The van der Waals surface area contributed by atoms with Gasteiger partial charge in [0.05, 0.1) is 6.10 Å². The van der Waals surface area contributed by atoms with Crippen molar-refractivity contribution in [1.82, 2.24) is 15.1 Å². The normalized spacial score (nSPS) is 22.9. The Kier molecular flexibility index (Phi) is 6.96. The molecule has 1 aliphatic heterocycles. The molecule has 0 aromatic heterocycles. The molecule has 0 saturated carbocycles. The monoisotopic (exact) mass is 229 g/mol. The Morgan fingerprint density at radius 1 is 1.38 bits per heavy atom. The molecule has 1 heterocycles. The van der Waals surface area contributed by atoms with Gasteiger partial charge in [0.1, 0.15) is 0 Å². The first-order chi connectivity index (χ1) is 7.72. The van der Waals surface area contributed by atoms with Crippen molar-refractivity contribution in [3.8, 4) is 0 Å². The van der Waals surface area contributed by atoms with Crippen LogP contribution in [0.15, 0.2) is 0 Å². The third-order valence-electron chi connectivity index (χ3n) is 3.14. The van der Waals surface area contributed by atoms with Gasteiger partial charge in [-0.05, 0) is 33.5 Å². The van der Waals surface area contributed by atoms with Gasteiger partial charge in [-0.2, -0.15) is 0 Å². The van der Waals surface area contributed by atoms with Gasteiger partial charge >= 0.3 is 0 Å². The van der Waals surface area contributed by atoms with Crippen LogP contribution in [0.4, 0.5) is 0 Å². The van der Waals surface area contributed by atoms with Crippen molar-refractivity contribution in [3.63, 3.8) is 0 Å². The maximum Gasteiger partial charge on any atom is 0.0698 e. The van der Waals surface area contributed by atoms with Crippen LogP contribution in [0.2, 0.25) is 0 Å². The topological polar surface area (TPSA) is 27.7 Å². The molecule has 4 nitrogen and oxygen atoms in total. The van der Waals surface area contributed by atoms with E-state index >= 15 is 0 Å². The molecule has 1 N–H and O–H groups in total. The summed E-state index contributed by atoms with van der Waals surface area (Å²) in [4.78, 5) is 4.70. The van der Waals surface area contributed by atoms with Crippen LogP contribution in [-0.2, 0) is 4.74 Å². The summed E-state index contributed by atoms with van der Waals surface area (Å²) < 4.78 is 5.41. The molecule has 1 fully saturated rings. The summed E-state index contributed by atoms with van der Waals surface area (Å²) in [6.07, 6.45) is 2.95. The number of ether oxygens (including phenoxy) is 1. The molecule has 1 saturated heterocycles. The van der Waals surface area contributed by atoms with Gasteiger partial charge in [0, 0.05) is 39.8 Å². The van der Waals surface area contributed by atoms with Crippen molar-refractivity contribution in [2.45, 2.75) is 18.9 Å². The second-order valence-corrected chi connectivity index (χ2v) is 4.85. The van der Waals surface area contributed by atoms with Gasteiger partial charge in [-0.25, -0.2) is 0 Å². The van der Waals surface area contributed by atoms with Crippen LogP contribution in [0.1, 0.15) is 12.8 Å². The molecule has 1 rings (SSSR count). The number of nitrogens with one attached hydrogen (secondary N) is 1. The van der Waals surface area contributed by atoms with E-state index in [9.17, 15) is 0 Å². The number of nitrogens with zero attached hydrogens (tertiary/aromatic N) is 2. The second kappa shape index (κ2) is 8.01. The van der Waals surface area contributed by atoms with Gasteiger partial charge in [0.15, 0.2) is 0 Å². The first-order valence-corrected chi connectivity index (χ1v) is 6.33. The smallest absolute Gasteiger partial charge is 0.0698 e. The number of likely N-dealkylation sites (N-methyl/N-ethyl adjacent to an activating group) is 1. The Morgan fingerprint density at radius 2 is 2.19 bits per heavy atom. The summed E-state index contributed by atoms with van der Waals surface area (Å²) in [6, 6.07) is 0. The molecule has 0 aromatic rings. The molecule has 0 bridgehead atoms. The number of methoxy groups -OCH3 is 1. The van der Waals surface area contributed by atoms with Gasteiger partial charge in [-0.1, -0.05) is 0 Å². The number of hydrogen-bond donors (Lipinski definition) is 1. The van der Waals surface area contributed by atoms with Crippen molar-refractivity contribution >= 4 is 0 Å². The molecule has 4 heteroatoms. The number of piperidine rings is 1. The average Bonchev–Trinajstić information content (AvgIpc) is 2.28. The molecule has 1 unspecified atom stereocenters. The quantitative estimate of drug-likeness (QED) is 0.633. The van der Waals surface area contributed by atoms with E-state index in [4.69, 9.17) is 4.74 Å². The lowest BCUT2D eigenvalue weighted by Gasteiger charge is -2.31. The van der Waals surface area contributed by atoms with Crippen LogP contribution < -0.4 is 5.32 Å². The average molecular weight is 229 g/mol. The predicted molar refractivity (Wildman–Crippen MR) is 67.9 cm³/mol. The predicted octanol–water partition coefficient (Wildman–Crippen LogP) is 0.248. The lowest BCUT2D eigenvalue weighted by molar-refractivity contribution is 0.0319. The first-order valence-electron chi connectivity index (χ1n) is 6.33. The molecule has 0 radical (unpaired) electrons. The first kappa shape index (κ1) is 13.9. The standard InChI is InChI=1S/C12H27N3O/c1-14(2)9-6-13-7-10-15-8-4-5-12(11-15)16-3/h12-13H,4-11H2,1-3H3. The molecular weight excluding hydrogens is 202 g/mol. The molecule has 0 aliphatic carbocycles.